The van der Waals surface area contributed by atoms with Crippen molar-refractivity contribution in [1.82, 2.24) is 9.78 Å². The normalized spacial score (nSPS) is 14.4. The van der Waals surface area contributed by atoms with Crippen LogP contribution >= 0.6 is 15.9 Å². The molecule has 0 spiro atoms. The Kier molecular flexibility index (Phi) is 5.05. The third kappa shape index (κ3) is 3.86. The predicted molar refractivity (Wildman–Crippen MR) is 115 cm³/mol. The Hall–Kier alpha value is -2.12. The first-order valence-corrected chi connectivity index (χ1v) is 11.6. The zero-order valence-corrected chi connectivity index (χ0v) is 18.2. The summed E-state index contributed by atoms with van der Waals surface area (Å²) in [6.45, 7) is 4.08. The van der Waals surface area contributed by atoms with Crippen molar-refractivity contribution < 1.29 is 8.42 Å². The van der Waals surface area contributed by atoms with E-state index in [1.165, 1.54) is 0 Å². The van der Waals surface area contributed by atoms with Gasteiger partial charge in [0.2, 0.25) is 0 Å². The van der Waals surface area contributed by atoms with Crippen LogP contribution in [0.5, 0.6) is 0 Å². The van der Waals surface area contributed by atoms with Crippen LogP contribution in [0.4, 0.5) is 5.82 Å². The molecule has 28 heavy (non-hydrogen) atoms. The van der Waals surface area contributed by atoms with Gasteiger partial charge >= 0.3 is 0 Å². The van der Waals surface area contributed by atoms with Gasteiger partial charge < -0.3 is 0 Å². The molecule has 5 nitrogen and oxygen atoms in total. The lowest BCUT2D eigenvalue weighted by molar-refractivity contribution is 0.600. The van der Waals surface area contributed by atoms with Gasteiger partial charge in [0.15, 0.2) is 0 Å². The molecule has 2 aromatic carbocycles. The first-order chi connectivity index (χ1) is 13.3. The molecule has 7 heteroatoms. The van der Waals surface area contributed by atoms with Crippen LogP contribution in [0.2, 0.25) is 0 Å². The number of benzene rings is 2. The highest BCUT2D eigenvalue weighted by Gasteiger charge is 2.29. The summed E-state index contributed by atoms with van der Waals surface area (Å²) < 4.78 is 31.5. The number of hydrogen-bond acceptors (Lipinski definition) is 3. The first-order valence-electron chi connectivity index (χ1n) is 9.33. The Balaban J connectivity index is 1.73. The van der Waals surface area contributed by atoms with Crippen LogP contribution in [0.1, 0.15) is 49.8 Å². The summed E-state index contributed by atoms with van der Waals surface area (Å²) in [6.07, 6.45) is 2.20. The largest absolute Gasteiger partial charge is 0.263 e. The van der Waals surface area contributed by atoms with E-state index in [9.17, 15) is 8.42 Å². The van der Waals surface area contributed by atoms with Crippen molar-refractivity contribution in [2.24, 2.45) is 0 Å². The van der Waals surface area contributed by atoms with Gasteiger partial charge in [0, 0.05) is 16.5 Å². The number of rotatable bonds is 6. The maximum Gasteiger partial charge on any atom is 0.263 e. The number of anilines is 1. The van der Waals surface area contributed by atoms with Crippen LogP contribution in [0.25, 0.3) is 5.69 Å². The molecule has 1 aromatic heterocycles. The molecular formula is C21H22BrN3O2S. The van der Waals surface area contributed by atoms with E-state index in [2.05, 4.69) is 25.8 Å². The van der Waals surface area contributed by atoms with E-state index in [0.29, 0.717) is 11.7 Å². The van der Waals surface area contributed by atoms with Crippen molar-refractivity contribution in [3.63, 3.8) is 0 Å². The highest BCUT2D eigenvalue weighted by Crippen LogP contribution is 2.40. The zero-order valence-electron chi connectivity index (χ0n) is 15.8. The summed E-state index contributed by atoms with van der Waals surface area (Å²) in [7, 11) is -3.74. The van der Waals surface area contributed by atoms with Gasteiger partial charge in [-0.1, -0.05) is 48.0 Å². The molecule has 3 aromatic rings. The van der Waals surface area contributed by atoms with Crippen molar-refractivity contribution in [1.29, 1.82) is 0 Å². The Morgan fingerprint density at radius 2 is 1.82 bits per heavy atom. The molecule has 1 saturated carbocycles. The lowest BCUT2D eigenvalue weighted by Gasteiger charge is -2.13. The summed E-state index contributed by atoms with van der Waals surface area (Å²) in [6, 6.07) is 16.6. The molecule has 0 bridgehead atoms. The van der Waals surface area contributed by atoms with Gasteiger partial charge in [-0.3, -0.25) is 4.72 Å². The van der Waals surface area contributed by atoms with E-state index in [0.717, 1.165) is 34.3 Å². The van der Waals surface area contributed by atoms with E-state index in [1.54, 1.807) is 22.9 Å². The zero-order chi connectivity index (χ0) is 19.9. The second-order valence-electron chi connectivity index (χ2n) is 7.42. The lowest BCUT2D eigenvalue weighted by atomic mass is 10.0. The minimum absolute atomic E-state index is 0.209. The smallest absolute Gasteiger partial charge is 0.263 e. The summed E-state index contributed by atoms with van der Waals surface area (Å²) in [5.74, 6) is 1.09. The third-order valence-corrected chi connectivity index (χ3v) is 6.94. The number of nitrogens with zero attached hydrogens (tertiary/aromatic N) is 2. The fourth-order valence-corrected chi connectivity index (χ4v) is 4.92. The minimum Gasteiger partial charge on any atom is -0.263 e. The minimum atomic E-state index is -3.74. The Morgan fingerprint density at radius 3 is 2.46 bits per heavy atom. The fourth-order valence-electron chi connectivity index (χ4n) is 3.14. The van der Waals surface area contributed by atoms with Gasteiger partial charge in [-0.05, 0) is 54.7 Å². The third-order valence-electron chi connectivity index (χ3n) is 4.86. The standard InChI is InChI=1S/C21H22BrN3O2S/c1-14(2)18-12-17(10-11-19(18)22)28(26,27)24-21-13-20(15-8-9-15)23-25(21)16-6-4-3-5-7-16/h3-7,10-15,24H,8-9H2,1-2H3. The van der Waals surface area contributed by atoms with Gasteiger partial charge in [0.25, 0.3) is 10.0 Å². The fraction of sp³-hybridized carbons (Fsp3) is 0.286. The Morgan fingerprint density at radius 1 is 1.11 bits per heavy atom. The van der Waals surface area contributed by atoms with Crippen molar-refractivity contribution in [2.75, 3.05) is 4.72 Å². The van der Waals surface area contributed by atoms with Crippen LogP contribution in [-0.2, 0) is 10.0 Å². The van der Waals surface area contributed by atoms with E-state index in [1.807, 2.05) is 50.2 Å². The number of hydrogen-bond donors (Lipinski definition) is 1. The molecule has 1 heterocycles. The maximum absolute atomic E-state index is 13.1. The highest BCUT2D eigenvalue weighted by atomic mass is 79.9. The number of sulfonamides is 1. The summed E-state index contributed by atoms with van der Waals surface area (Å²) in [5, 5.41) is 4.66. The number of aromatic nitrogens is 2. The molecule has 0 unspecified atom stereocenters. The van der Waals surface area contributed by atoms with Crippen molar-refractivity contribution >= 4 is 31.8 Å². The van der Waals surface area contributed by atoms with Crippen LogP contribution in [0.15, 0.2) is 64.0 Å². The number of nitrogens with one attached hydrogen (secondary N) is 1. The molecule has 0 radical (unpaired) electrons. The molecule has 4 rings (SSSR count). The molecule has 0 amide bonds. The molecule has 1 N–H and O–H groups in total. The van der Waals surface area contributed by atoms with Crippen LogP contribution < -0.4 is 4.72 Å². The topological polar surface area (TPSA) is 64.0 Å². The van der Waals surface area contributed by atoms with Crippen LogP contribution in [0, 0.1) is 0 Å². The van der Waals surface area contributed by atoms with Crippen molar-refractivity contribution in [2.45, 2.75) is 43.4 Å². The van der Waals surface area contributed by atoms with Crippen LogP contribution in [-0.4, -0.2) is 18.2 Å². The van der Waals surface area contributed by atoms with Gasteiger partial charge in [0.05, 0.1) is 16.3 Å². The lowest BCUT2D eigenvalue weighted by Crippen LogP contribution is -2.16. The molecule has 0 aliphatic heterocycles. The SMILES string of the molecule is CC(C)c1cc(S(=O)(=O)Nc2cc(C3CC3)nn2-c2ccccc2)ccc1Br. The average Bonchev–Trinajstić information content (AvgIpc) is 3.43. The Bertz CT molecular complexity index is 1100. The number of halogens is 1. The summed E-state index contributed by atoms with van der Waals surface area (Å²) >= 11 is 3.50. The molecule has 146 valence electrons. The summed E-state index contributed by atoms with van der Waals surface area (Å²) in [5.41, 5.74) is 2.71. The first kappa shape index (κ1) is 19.2. The van der Waals surface area contributed by atoms with E-state index >= 15 is 0 Å². The van der Waals surface area contributed by atoms with E-state index in [-0.39, 0.29) is 10.8 Å². The molecule has 0 atom stereocenters. The molecular weight excluding hydrogens is 438 g/mol. The Labute approximate surface area is 174 Å². The van der Waals surface area contributed by atoms with Crippen molar-refractivity contribution in [3.05, 3.63) is 70.3 Å². The number of para-hydroxylation sites is 1. The monoisotopic (exact) mass is 459 g/mol. The maximum atomic E-state index is 13.1. The molecule has 1 fully saturated rings. The summed E-state index contributed by atoms with van der Waals surface area (Å²) in [4.78, 5) is 0.244. The molecule has 1 aliphatic carbocycles. The van der Waals surface area contributed by atoms with Gasteiger partial charge in [-0.2, -0.15) is 5.10 Å². The van der Waals surface area contributed by atoms with E-state index < -0.39 is 10.0 Å². The van der Waals surface area contributed by atoms with E-state index in [4.69, 9.17) is 0 Å². The second-order valence-corrected chi connectivity index (χ2v) is 9.96. The predicted octanol–water partition coefficient (Wildman–Crippen LogP) is 5.44. The van der Waals surface area contributed by atoms with Crippen LogP contribution in [0.3, 0.4) is 0 Å². The van der Waals surface area contributed by atoms with Crippen molar-refractivity contribution in [3.8, 4) is 5.69 Å². The second kappa shape index (κ2) is 7.37. The molecule has 0 saturated heterocycles. The highest BCUT2D eigenvalue weighted by molar-refractivity contribution is 9.10. The average molecular weight is 460 g/mol. The molecule has 1 aliphatic rings. The quantitative estimate of drug-likeness (QED) is 0.533. The van der Waals surface area contributed by atoms with Gasteiger partial charge in [-0.15, -0.1) is 0 Å². The van der Waals surface area contributed by atoms with Gasteiger partial charge in [-0.25, -0.2) is 13.1 Å². The van der Waals surface area contributed by atoms with Gasteiger partial charge in [0.1, 0.15) is 5.82 Å².